The summed E-state index contributed by atoms with van der Waals surface area (Å²) in [6, 6.07) is 16.8. The third-order valence-corrected chi connectivity index (χ3v) is 7.60. The van der Waals surface area contributed by atoms with Crippen LogP contribution in [0.4, 0.5) is 10.5 Å². The first-order chi connectivity index (χ1) is 18.9. The molecule has 3 amide bonds. The van der Waals surface area contributed by atoms with E-state index < -0.39 is 0 Å². The minimum atomic E-state index is -0.331. The monoisotopic (exact) mass is 617 g/mol. The normalized spacial score (nSPS) is 10.7. The van der Waals surface area contributed by atoms with E-state index in [1.165, 1.54) is 0 Å². The Bertz CT molecular complexity index is 1190. The minimum absolute atomic E-state index is 0.0419. The summed E-state index contributed by atoms with van der Waals surface area (Å²) in [5.74, 6) is 1.18. The van der Waals surface area contributed by atoms with Crippen molar-refractivity contribution in [1.82, 2.24) is 9.80 Å². The van der Waals surface area contributed by atoms with E-state index in [4.69, 9.17) is 14.2 Å². The molecule has 0 saturated carbocycles. The molecular formula is C29H36BrN3O5S. The predicted octanol–water partition coefficient (Wildman–Crippen LogP) is 6.06. The van der Waals surface area contributed by atoms with E-state index in [1.54, 1.807) is 30.5 Å². The molecule has 0 unspecified atom stereocenters. The van der Waals surface area contributed by atoms with Crippen LogP contribution in [0.15, 0.2) is 64.5 Å². The van der Waals surface area contributed by atoms with Crippen molar-refractivity contribution in [3.63, 3.8) is 0 Å². The zero-order valence-corrected chi connectivity index (χ0v) is 25.1. The van der Waals surface area contributed by atoms with Crippen LogP contribution in [-0.2, 0) is 22.5 Å². The Balaban J connectivity index is 1.74. The molecule has 10 heteroatoms. The van der Waals surface area contributed by atoms with Crippen molar-refractivity contribution in [2.45, 2.75) is 26.3 Å². The highest BCUT2D eigenvalue weighted by molar-refractivity contribution is 9.10. The van der Waals surface area contributed by atoms with Gasteiger partial charge in [0.15, 0.2) is 11.5 Å². The number of carbonyl (C=O) groups is 2. The molecule has 0 bridgehead atoms. The predicted molar refractivity (Wildman–Crippen MR) is 159 cm³/mol. The lowest BCUT2D eigenvalue weighted by molar-refractivity contribution is -0.132. The molecule has 0 spiro atoms. The fourth-order valence-electron chi connectivity index (χ4n) is 3.96. The van der Waals surface area contributed by atoms with Gasteiger partial charge in [-0.05, 0) is 77.0 Å². The van der Waals surface area contributed by atoms with Crippen LogP contribution in [-0.4, -0.2) is 68.8 Å². The first-order valence-electron chi connectivity index (χ1n) is 12.8. The molecule has 210 valence electrons. The molecule has 1 heterocycles. The van der Waals surface area contributed by atoms with Crippen molar-refractivity contribution in [2.24, 2.45) is 0 Å². The van der Waals surface area contributed by atoms with Gasteiger partial charge in [-0.15, -0.1) is 11.3 Å². The maximum atomic E-state index is 13.7. The molecule has 0 aliphatic heterocycles. The molecule has 8 nitrogen and oxygen atoms in total. The number of benzene rings is 2. The summed E-state index contributed by atoms with van der Waals surface area (Å²) >= 11 is 5.08. The summed E-state index contributed by atoms with van der Waals surface area (Å²) in [5, 5.41) is 4.92. The second kappa shape index (κ2) is 16.1. The number of anilines is 1. The maximum absolute atomic E-state index is 13.7. The summed E-state index contributed by atoms with van der Waals surface area (Å²) < 4.78 is 17.0. The second-order valence-electron chi connectivity index (χ2n) is 8.72. The van der Waals surface area contributed by atoms with E-state index in [1.807, 2.05) is 71.8 Å². The van der Waals surface area contributed by atoms with E-state index in [-0.39, 0.29) is 18.5 Å². The smallest absolute Gasteiger partial charge is 0.322 e. The molecule has 2 aromatic carbocycles. The molecule has 39 heavy (non-hydrogen) atoms. The molecule has 0 saturated heterocycles. The van der Waals surface area contributed by atoms with Crippen LogP contribution in [0.1, 0.15) is 23.8 Å². The Morgan fingerprint density at radius 1 is 0.974 bits per heavy atom. The number of halogens is 1. The lowest BCUT2D eigenvalue weighted by Crippen LogP contribution is -2.45. The van der Waals surface area contributed by atoms with Crippen molar-refractivity contribution in [2.75, 3.05) is 52.4 Å². The van der Waals surface area contributed by atoms with Gasteiger partial charge in [-0.3, -0.25) is 4.79 Å². The Kier molecular flexibility index (Phi) is 12.6. The van der Waals surface area contributed by atoms with E-state index in [0.717, 1.165) is 14.9 Å². The lowest BCUT2D eigenvalue weighted by atomic mass is 10.1. The molecule has 1 aromatic heterocycles. The zero-order chi connectivity index (χ0) is 28.0. The SMILES string of the molecule is CCOCCCN(CC(=O)N(CCc1ccc(OC)c(OC)c1)Cc1cccs1)C(=O)Nc1ccccc1Br. The van der Waals surface area contributed by atoms with E-state index in [0.29, 0.717) is 62.9 Å². The van der Waals surface area contributed by atoms with Gasteiger partial charge >= 0.3 is 6.03 Å². The van der Waals surface area contributed by atoms with Crippen molar-refractivity contribution in [1.29, 1.82) is 0 Å². The molecule has 3 aromatic rings. The molecule has 0 atom stereocenters. The molecular weight excluding hydrogens is 582 g/mol. The van der Waals surface area contributed by atoms with Gasteiger partial charge in [0.05, 0.1) is 26.5 Å². The number of methoxy groups -OCH3 is 2. The zero-order valence-electron chi connectivity index (χ0n) is 22.7. The van der Waals surface area contributed by atoms with Crippen molar-refractivity contribution < 1.29 is 23.8 Å². The van der Waals surface area contributed by atoms with E-state index >= 15 is 0 Å². The Hall–Kier alpha value is -3.08. The van der Waals surface area contributed by atoms with Gasteiger partial charge in [0.25, 0.3) is 0 Å². The number of rotatable bonds is 15. The standard InChI is InChI=1S/C29H36BrN3O5S/c1-4-38-17-8-15-33(29(35)31-25-11-6-5-10-24(25)30)21-28(34)32(20-23-9-7-18-39-23)16-14-22-12-13-26(36-2)27(19-22)37-3/h5-7,9-13,18-19H,4,8,14-17,20-21H2,1-3H3,(H,31,35). The average Bonchev–Trinajstić information content (AvgIpc) is 3.46. The Morgan fingerprint density at radius 3 is 2.46 bits per heavy atom. The molecule has 0 fully saturated rings. The largest absolute Gasteiger partial charge is 0.493 e. The summed E-state index contributed by atoms with van der Waals surface area (Å²) in [6.45, 7) is 4.37. The fraction of sp³-hybridized carbons (Fsp3) is 0.379. The summed E-state index contributed by atoms with van der Waals surface area (Å²) in [7, 11) is 3.21. The van der Waals surface area contributed by atoms with Crippen LogP contribution < -0.4 is 14.8 Å². The molecule has 0 aliphatic carbocycles. The fourth-order valence-corrected chi connectivity index (χ4v) is 5.06. The van der Waals surface area contributed by atoms with Crippen LogP contribution in [0.25, 0.3) is 0 Å². The third kappa shape index (κ3) is 9.56. The number of nitrogens with zero attached hydrogens (tertiary/aromatic N) is 2. The van der Waals surface area contributed by atoms with Gasteiger partial charge in [-0.2, -0.15) is 0 Å². The van der Waals surface area contributed by atoms with Gasteiger partial charge < -0.3 is 29.3 Å². The molecule has 1 N–H and O–H groups in total. The highest BCUT2D eigenvalue weighted by Gasteiger charge is 2.22. The number of ether oxygens (including phenoxy) is 3. The third-order valence-electron chi connectivity index (χ3n) is 6.05. The number of para-hydroxylation sites is 1. The minimum Gasteiger partial charge on any atom is -0.493 e. The van der Waals surface area contributed by atoms with Gasteiger partial charge in [0, 0.05) is 35.7 Å². The van der Waals surface area contributed by atoms with Crippen LogP contribution in [0.5, 0.6) is 11.5 Å². The van der Waals surface area contributed by atoms with Gasteiger partial charge in [-0.25, -0.2) is 4.79 Å². The van der Waals surface area contributed by atoms with Crippen LogP contribution in [0.2, 0.25) is 0 Å². The number of amides is 3. The van der Waals surface area contributed by atoms with Gasteiger partial charge in [0.2, 0.25) is 5.91 Å². The van der Waals surface area contributed by atoms with E-state index in [2.05, 4.69) is 21.2 Å². The summed E-state index contributed by atoms with van der Waals surface area (Å²) in [5.41, 5.74) is 1.67. The number of carbonyl (C=O) groups excluding carboxylic acids is 2. The molecule has 3 rings (SSSR count). The van der Waals surface area contributed by atoms with Crippen LogP contribution in [0, 0.1) is 0 Å². The van der Waals surface area contributed by atoms with Gasteiger partial charge in [0.1, 0.15) is 6.54 Å². The van der Waals surface area contributed by atoms with Gasteiger partial charge in [-0.1, -0.05) is 24.3 Å². The number of nitrogens with one attached hydrogen (secondary N) is 1. The summed E-state index contributed by atoms with van der Waals surface area (Å²) in [4.78, 5) is 31.4. The average molecular weight is 619 g/mol. The number of thiophene rings is 1. The van der Waals surface area contributed by atoms with Crippen molar-refractivity contribution in [3.05, 3.63) is 74.9 Å². The van der Waals surface area contributed by atoms with Crippen molar-refractivity contribution in [3.8, 4) is 11.5 Å². The van der Waals surface area contributed by atoms with Crippen molar-refractivity contribution >= 4 is 44.9 Å². The number of urea groups is 1. The number of hydrogen-bond donors (Lipinski definition) is 1. The highest BCUT2D eigenvalue weighted by Crippen LogP contribution is 2.28. The Morgan fingerprint density at radius 2 is 1.77 bits per heavy atom. The molecule has 0 radical (unpaired) electrons. The second-order valence-corrected chi connectivity index (χ2v) is 10.6. The first-order valence-corrected chi connectivity index (χ1v) is 14.5. The quantitative estimate of drug-likeness (QED) is 0.210. The summed E-state index contributed by atoms with van der Waals surface area (Å²) in [6.07, 6.45) is 1.26. The van der Waals surface area contributed by atoms with E-state index in [9.17, 15) is 9.59 Å². The first kappa shape index (κ1) is 30.5. The van der Waals surface area contributed by atoms with Crippen LogP contribution in [0.3, 0.4) is 0 Å². The van der Waals surface area contributed by atoms with Crippen LogP contribution >= 0.6 is 27.3 Å². The Labute approximate surface area is 243 Å². The lowest BCUT2D eigenvalue weighted by Gasteiger charge is -2.28. The number of hydrogen-bond acceptors (Lipinski definition) is 6. The highest BCUT2D eigenvalue weighted by atomic mass is 79.9. The topological polar surface area (TPSA) is 80.3 Å². The molecule has 0 aliphatic rings. The maximum Gasteiger partial charge on any atom is 0.322 e.